The number of thiophene rings is 2. The molecule has 0 bridgehead atoms. The van der Waals surface area contributed by atoms with Crippen LogP contribution in [0.25, 0.3) is 40.3 Å². The van der Waals surface area contributed by atoms with Gasteiger partial charge < -0.3 is 14.4 Å². The predicted molar refractivity (Wildman–Crippen MR) is 302 cm³/mol. The first-order valence-electron chi connectivity index (χ1n) is 24.2. The molecule has 4 aliphatic rings. The van der Waals surface area contributed by atoms with E-state index in [0.717, 1.165) is 23.0 Å². The number of anilines is 3. The molecule has 0 N–H and O–H groups in total. The minimum absolute atomic E-state index is 0.0505. The molecule has 0 unspecified atom stereocenters. The summed E-state index contributed by atoms with van der Waals surface area (Å²) in [4.78, 5) is 2.61. The lowest BCUT2D eigenvalue weighted by atomic mass is 9.29. The lowest BCUT2D eigenvalue weighted by molar-refractivity contribution is 0.466. The van der Waals surface area contributed by atoms with Crippen molar-refractivity contribution in [2.45, 2.75) is 13.8 Å². The van der Waals surface area contributed by atoms with Crippen molar-refractivity contribution in [3.63, 3.8) is 0 Å². The summed E-state index contributed by atoms with van der Waals surface area (Å²) in [5, 5.41) is 10.5. The van der Waals surface area contributed by atoms with E-state index in [1.54, 1.807) is 0 Å². The van der Waals surface area contributed by atoms with Crippen molar-refractivity contribution in [1.82, 2.24) is 0 Å². The third kappa shape index (κ3) is 5.00. The largest absolute Gasteiger partial charge is 0.458 e. The molecule has 0 radical (unpaired) electrons. The number of aryl methyl sites for hydroxylation is 2. The maximum Gasteiger partial charge on any atom is 0.256 e. The van der Waals surface area contributed by atoms with Crippen molar-refractivity contribution < 1.29 is 9.47 Å². The van der Waals surface area contributed by atoms with Crippen LogP contribution in [-0.4, -0.2) is 21.5 Å². The Morgan fingerprint density at radius 3 is 1.36 bits per heavy atom. The van der Waals surface area contributed by atoms with Crippen LogP contribution in [0.2, 0.25) is 0 Å². The van der Waals surface area contributed by atoms with Crippen LogP contribution in [0.4, 0.5) is 17.1 Å². The Labute approximate surface area is 415 Å². The Bertz CT molecular complexity index is 4130. The molecule has 10 aromatic carbocycles. The molecule has 0 fully saturated rings. The first-order valence-corrected chi connectivity index (χ1v) is 27.9. The molecule has 70 heavy (non-hydrogen) atoms. The fourth-order valence-electron chi connectivity index (χ4n) is 13.2. The summed E-state index contributed by atoms with van der Waals surface area (Å²) < 4.78 is 20.0. The lowest BCUT2D eigenvalue weighted by Crippen LogP contribution is -2.75. The maximum absolute atomic E-state index is 7.39. The van der Waals surface area contributed by atoms with Crippen LogP contribution in [0, 0.1) is 13.8 Å². The number of nitrogens with zero attached hydrogens (tertiary/aromatic N) is 1. The average molecular weight is 944 g/mol. The zero-order valence-electron chi connectivity index (χ0n) is 38.3. The van der Waals surface area contributed by atoms with Gasteiger partial charge in [0, 0.05) is 63.5 Å². The van der Waals surface area contributed by atoms with E-state index in [4.69, 9.17) is 9.47 Å². The van der Waals surface area contributed by atoms with Crippen LogP contribution in [0.3, 0.4) is 0 Å². The second kappa shape index (κ2) is 14.2. The maximum atomic E-state index is 7.39. The highest BCUT2D eigenvalue weighted by Gasteiger charge is 2.52. The molecule has 8 heteroatoms. The fraction of sp³-hybridized carbons (Fsp3) is 0.0323. The molecule has 0 aliphatic carbocycles. The van der Waals surface area contributed by atoms with Crippen molar-refractivity contribution in [2.24, 2.45) is 0 Å². The van der Waals surface area contributed by atoms with Crippen LogP contribution >= 0.6 is 22.7 Å². The molecular formula is C62H39B2NO2S2Si. The summed E-state index contributed by atoms with van der Waals surface area (Å²) >= 11 is 3.80. The highest BCUT2D eigenvalue weighted by molar-refractivity contribution is 7.26. The van der Waals surface area contributed by atoms with E-state index in [2.05, 4.69) is 219 Å². The van der Waals surface area contributed by atoms with Gasteiger partial charge in [0.05, 0.1) is 0 Å². The SMILES string of the molecule is Cc1c2c(cc3c1sc1ccccc13)Oc1cc3c4c5c1B2c1ccccc1N5c1cc([Si](c2ccccc2)(c2ccccc2)c2ccccc2)ccc1B4c1c(cc2c(sc4ccccc42)c1C)O3. The minimum atomic E-state index is -2.94. The van der Waals surface area contributed by atoms with Gasteiger partial charge in [-0.1, -0.05) is 158 Å². The van der Waals surface area contributed by atoms with E-state index in [0.29, 0.717) is 0 Å². The van der Waals surface area contributed by atoms with Crippen LogP contribution in [0.1, 0.15) is 11.1 Å². The summed E-state index contributed by atoms with van der Waals surface area (Å²) in [5.41, 5.74) is 13.7. The molecular weight excluding hydrogens is 905 g/mol. The molecule has 4 aliphatic heterocycles. The predicted octanol–water partition coefficient (Wildman–Crippen LogP) is 9.76. The number of rotatable bonds is 4. The zero-order chi connectivity index (χ0) is 46.0. The van der Waals surface area contributed by atoms with Gasteiger partial charge in [-0.2, -0.15) is 0 Å². The van der Waals surface area contributed by atoms with Gasteiger partial charge in [-0.3, -0.25) is 0 Å². The van der Waals surface area contributed by atoms with E-state index < -0.39 is 8.07 Å². The summed E-state index contributed by atoms with van der Waals surface area (Å²) in [5.74, 6) is 3.59. The molecule has 0 atom stereocenters. The zero-order valence-corrected chi connectivity index (χ0v) is 40.9. The third-order valence-electron chi connectivity index (χ3n) is 16.1. The Morgan fingerprint density at radius 1 is 0.386 bits per heavy atom. The highest BCUT2D eigenvalue weighted by atomic mass is 32.1. The Balaban J connectivity index is 1.04. The van der Waals surface area contributed by atoms with Crippen molar-refractivity contribution in [3.05, 3.63) is 211 Å². The molecule has 6 heterocycles. The van der Waals surface area contributed by atoms with E-state index in [1.165, 1.54) is 122 Å². The van der Waals surface area contributed by atoms with Gasteiger partial charge in [-0.25, -0.2) is 0 Å². The van der Waals surface area contributed by atoms with E-state index >= 15 is 0 Å². The van der Waals surface area contributed by atoms with E-state index in [1.807, 2.05) is 22.7 Å². The number of hydrogen-bond donors (Lipinski definition) is 0. The second-order valence-electron chi connectivity index (χ2n) is 19.4. The molecule has 16 rings (SSSR count). The molecule has 0 spiro atoms. The normalized spacial score (nSPS) is 13.7. The number of ether oxygens (including phenoxy) is 2. The van der Waals surface area contributed by atoms with Crippen LogP contribution in [-0.2, 0) is 0 Å². The smallest absolute Gasteiger partial charge is 0.256 e. The quantitative estimate of drug-likeness (QED) is 0.130. The number of para-hydroxylation sites is 1. The number of fused-ring (bicyclic) bond motifs is 16. The Kier molecular flexibility index (Phi) is 7.98. The minimum Gasteiger partial charge on any atom is -0.458 e. The summed E-state index contributed by atoms with van der Waals surface area (Å²) in [6, 6.07) is 75.2. The average Bonchev–Trinajstić information content (AvgIpc) is 3.98. The van der Waals surface area contributed by atoms with Crippen molar-refractivity contribution in [1.29, 1.82) is 0 Å². The topological polar surface area (TPSA) is 21.7 Å². The summed E-state index contributed by atoms with van der Waals surface area (Å²) in [6.45, 7) is 4.53. The molecule has 0 amide bonds. The Morgan fingerprint density at radius 2 is 0.829 bits per heavy atom. The third-order valence-corrected chi connectivity index (χ3v) is 23.5. The monoisotopic (exact) mass is 943 g/mol. The number of benzene rings is 10. The highest BCUT2D eigenvalue weighted by Crippen LogP contribution is 2.49. The summed E-state index contributed by atoms with van der Waals surface area (Å²) in [6.07, 6.45) is 0. The molecule has 0 saturated carbocycles. The molecule has 2 aromatic heterocycles. The van der Waals surface area contributed by atoms with Crippen molar-refractivity contribution in [3.8, 4) is 23.0 Å². The van der Waals surface area contributed by atoms with E-state index in [9.17, 15) is 0 Å². The number of hydrogen-bond acceptors (Lipinski definition) is 5. The van der Waals surface area contributed by atoms with Gasteiger partial charge in [-0.05, 0) is 115 Å². The lowest BCUT2D eigenvalue weighted by Gasteiger charge is -2.48. The first kappa shape index (κ1) is 39.3. The molecule has 12 aromatic rings. The van der Waals surface area contributed by atoms with Gasteiger partial charge in [-0.15, -0.1) is 22.7 Å². The first-order chi connectivity index (χ1) is 34.6. The van der Waals surface area contributed by atoms with Gasteiger partial charge >= 0.3 is 0 Å². The van der Waals surface area contributed by atoms with Crippen LogP contribution in [0.5, 0.6) is 23.0 Å². The summed E-state index contributed by atoms with van der Waals surface area (Å²) in [7, 11) is -2.94. The second-order valence-corrected chi connectivity index (χ2v) is 25.3. The standard InChI is InChI=1S/C62H39B2NO2S2Si/c1-36-56-50(33-44-42-24-12-16-28-54(42)68-61(36)44)66-52-35-53-59-60-58(52)63(56)46-26-14-15-27-48(46)65(60)49-32-41(70(38-18-6-3-7-19-38,39-20-8-4-9-21-39)40-22-10-5-11-23-40)30-31-47(49)64(59)57-37(2)62-45(34-51(57)67-53)43-25-13-17-29-55(43)69-62/h3-35H,1-2H3. The van der Waals surface area contributed by atoms with Gasteiger partial charge in [0.1, 0.15) is 23.0 Å². The van der Waals surface area contributed by atoms with Gasteiger partial charge in [0.25, 0.3) is 13.4 Å². The van der Waals surface area contributed by atoms with Crippen molar-refractivity contribution >= 4 is 155 Å². The van der Waals surface area contributed by atoms with Gasteiger partial charge in [0.2, 0.25) is 0 Å². The van der Waals surface area contributed by atoms with Crippen LogP contribution < -0.4 is 67.9 Å². The molecule has 3 nitrogen and oxygen atoms in total. The Hall–Kier alpha value is -7.61. The van der Waals surface area contributed by atoms with Crippen molar-refractivity contribution in [2.75, 3.05) is 4.90 Å². The van der Waals surface area contributed by atoms with Gasteiger partial charge in [0.15, 0.2) is 8.07 Å². The van der Waals surface area contributed by atoms with E-state index in [-0.39, 0.29) is 13.4 Å². The molecule has 0 saturated heterocycles. The van der Waals surface area contributed by atoms with Crippen LogP contribution in [0.15, 0.2) is 200 Å². The fourth-order valence-corrected chi connectivity index (χ4v) is 20.4. The molecule has 326 valence electrons.